The van der Waals surface area contributed by atoms with Gasteiger partial charge < -0.3 is 4.90 Å². The predicted molar refractivity (Wildman–Crippen MR) is 277 cm³/mol. The monoisotopic (exact) mass is 827 g/mol. The van der Waals surface area contributed by atoms with Crippen molar-refractivity contribution >= 4 is 27.8 Å². The molecule has 11 aromatic carbocycles. The van der Waals surface area contributed by atoms with E-state index in [0.717, 1.165) is 22.6 Å². The molecule has 0 saturated heterocycles. The van der Waals surface area contributed by atoms with E-state index < -0.39 is 0 Å². The summed E-state index contributed by atoms with van der Waals surface area (Å²) in [4.78, 5) is 2.36. The van der Waals surface area contributed by atoms with Gasteiger partial charge in [0.2, 0.25) is 0 Å². The molecule has 0 fully saturated rings. The average Bonchev–Trinajstić information content (AvgIpc) is 3.40. The van der Waals surface area contributed by atoms with Gasteiger partial charge in [0.15, 0.2) is 0 Å². The minimum absolute atomic E-state index is 1.08. The zero-order chi connectivity index (χ0) is 43.4. The topological polar surface area (TPSA) is 3.24 Å². The molecule has 0 aliphatic carbocycles. The summed E-state index contributed by atoms with van der Waals surface area (Å²) in [7, 11) is 0. The van der Waals surface area contributed by atoms with E-state index in [2.05, 4.69) is 278 Å². The Labute approximate surface area is 381 Å². The Balaban J connectivity index is 0.960. The minimum Gasteiger partial charge on any atom is -0.311 e. The van der Waals surface area contributed by atoms with Crippen LogP contribution < -0.4 is 4.90 Å². The van der Waals surface area contributed by atoms with Crippen LogP contribution in [-0.2, 0) is 0 Å². The first-order chi connectivity index (χ1) is 32.2. The van der Waals surface area contributed by atoms with E-state index >= 15 is 0 Å². The average molecular weight is 828 g/mol. The van der Waals surface area contributed by atoms with Crippen LogP contribution in [-0.4, -0.2) is 0 Å². The van der Waals surface area contributed by atoms with Crippen molar-refractivity contribution in [1.29, 1.82) is 0 Å². The highest BCUT2D eigenvalue weighted by atomic mass is 15.1. The normalized spacial score (nSPS) is 11.1. The first-order valence-electron chi connectivity index (χ1n) is 22.3. The molecule has 1 nitrogen and oxygen atoms in total. The molecule has 0 aliphatic rings. The Morgan fingerprint density at radius 1 is 0.185 bits per heavy atom. The van der Waals surface area contributed by atoms with Crippen molar-refractivity contribution in [3.05, 3.63) is 273 Å². The van der Waals surface area contributed by atoms with E-state index in [0.29, 0.717) is 0 Å². The van der Waals surface area contributed by atoms with Gasteiger partial charge in [0.1, 0.15) is 0 Å². The van der Waals surface area contributed by atoms with Crippen molar-refractivity contribution in [2.75, 3.05) is 4.90 Å². The van der Waals surface area contributed by atoms with Crippen LogP contribution in [0.25, 0.3) is 88.7 Å². The Morgan fingerprint density at radius 2 is 0.508 bits per heavy atom. The van der Waals surface area contributed by atoms with Crippen LogP contribution in [0.5, 0.6) is 0 Å². The maximum atomic E-state index is 2.36. The van der Waals surface area contributed by atoms with E-state index in [1.165, 1.54) is 83.1 Å². The van der Waals surface area contributed by atoms with Gasteiger partial charge in [-0.3, -0.25) is 0 Å². The molecule has 11 rings (SSSR count). The molecule has 0 heterocycles. The SMILES string of the molecule is c1ccc(-c2ccc(-c3ccc(N(c4ccc(-c5ccccc5)cc4)c4ccc(-c5cc(-c6ccccc6)ccc5-c5ccc(-c6cccc7ccccc67)cc5)cc4)cc3)cc2)cc1. The van der Waals surface area contributed by atoms with Crippen LogP contribution in [0.3, 0.4) is 0 Å². The molecule has 0 spiro atoms. The second kappa shape index (κ2) is 17.7. The van der Waals surface area contributed by atoms with Crippen LogP contribution >= 0.6 is 0 Å². The minimum atomic E-state index is 1.08. The fraction of sp³-hybridized carbons (Fsp3) is 0. The summed E-state index contributed by atoms with van der Waals surface area (Å²) < 4.78 is 0. The number of rotatable bonds is 10. The molecule has 1 heteroatoms. The van der Waals surface area contributed by atoms with Crippen molar-refractivity contribution in [1.82, 2.24) is 0 Å². The number of benzene rings is 11. The maximum absolute atomic E-state index is 2.36. The highest BCUT2D eigenvalue weighted by Gasteiger charge is 2.16. The Morgan fingerprint density at radius 3 is 1.00 bits per heavy atom. The van der Waals surface area contributed by atoms with Crippen LogP contribution in [0.15, 0.2) is 273 Å². The molecule has 306 valence electrons. The summed E-state index contributed by atoms with van der Waals surface area (Å²) in [6.07, 6.45) is 0. The lowest BCUT2D eigenvalue weighted by Gasteiger charge is -2.26. The molecule has 0 amide bonds. The van der Waals surface area contributed by atoms with E-state index in [-0.39, 0.29) is 0 Å². The second-order valence-electron chi connectivity index (χ2n) is 16.5. The molecular formula is C64H45N. The lowest BCUT2D eigenvalue weighted by Crippen LogP contribution is -2.09. The van der Waals surface area contributed by atoms with Crippen molar-refractivity contribution in [2.24, 2.45) is 0 Å². The smallest absolute Gasteiger partial charge is 0.0462 e. The summed E-state index contributed by atoms with van der Waals surface area (Å²) in [5, 5.41) is 2.52. The summed E-state index contributed by atoms with van der Waals surface area (Å²) in [6.45, 7) is 0. The van der Waals surface area contributed by atoms with Crippen molar-refractivity contribution in [3.63, 3.8) is 0 Å². The zero-order valence-electron chi connectivity index (χ0n) is 35.9. The van der Waals surface area contributed by atoms with Gasteiger partial charge >= 0.3 is 0 Å². The van der Waals surface area contributed by atoms with Crippen molar-refractivity contribution < 1.29 is 0 Å². The second-order valence-corrected chi connectivity index (χ2v) is 16.5. The Bertz CT molecular complexity index is 3330. The molecule has 0 atom stereocenters. The van der Waals surface area contributed by atoms with Gasteiger partial charge in [-0.15, -0.1) is 0 Å². The maximum Gasteiger partial charge on any atom is 0.0462 e. The Kier molecular flexibility index (Phi) is 10.7. The fourth-order valence-corrected chi connectivity index (χ4v) is 9.11. The van der Waals surface area contributed by atoms with Crippen LogP contribution in [0.1, 0.15) is 0 Å². The number of hydrogen-bond donors (Lipinski definition) is 0. The molecule has 0 saturated carbocycles. The summed E-state index contributed by atoms with van der Waals surface area (Å²) in [5.41, 5.74) is 20.0. The van der Waals surface area contributed by atoms with Crippen molar-refractivity contribution in [3.8, 4) is 77.9 Å². The molecule has 11 aromatic rings. The van der Waals surface area contributed by atoms with Gasteiger partial charge in [-0.2, -0.15) is 0 Å². The zero-order valence-corrected chi connectivity index (χ0v) is 35.9. The predicted octanol–water partition coefficient (Wildman–Crippen LogP) is 18.0. The number of hydrogen-bond acceptors (Lipinski definition) is 1. The first-order valence-corrected chi connectivity index (χ1v) is 22.3. The van der Waals surface area contributed by atoms with Gasteiger partial charge in [0.25, 0.3) is 0 Å². The fourth-order valence-electron chi connectivity index (χ4n) is 9.11. The number of anilines is 3. The van der Waals surface area contributed by atoms with Gasteiger partial charge in [-0.1, -0.05) is 231 Å². The summed E-state index contributed by atoms with van der Waals surface area (Å²) >= 11 is 0. The molecule has 0 aliphatic heterocycles. The Hall–Kier alpha value is -8.52. The van der Waals surface area contributed by atoms with Gasteiger partial charge in [-0.25, -0.2) is 0 Å². The highest BCUT2D eigenvalue weighted by Crippen LogP contribution is 2.41. The summed E-state index contributed by atoms with van der Waals surface area (Å²) in [5.74, 6) is 0. The van der Waals surface area contributed by atoms with Gasteiger partial charge in [-0.05, 0) is 131 Å². The number of nitrogens with zero attached hydrogens (tertiary/aromatic N) is 1. The third-order valence-corrected chi connectivity index (χ3v) is 12.5. The van der Waals surface area contributed by atoms with Crippen LogP contribution in [0.2, 0.25) is 0 Å². The van der Waals surface area contributed by atoms with Gasteiger partial charge in [0, 0.05) is 17.1 Å². The quantitative estimate of drug-likeness (QED) is 0.133. The molecule has 0 radical (unpaired) electrons. The lowest BCUT2D eigenvalue weighted by molar-refractivity contribution is 1.28. The standard InChI is InChI=1S/C64H45N/c1-4-13-46(14-5-1)49-23-25-50(26-24-49)52-33-40-59(41-34-52)65(58-38-31-51(32-39-58)47-15-6-2-7-16-47)60-42-35-56(36-43-60)64-45-57(48-17-8-3-9-18-48)37-44-63(64)55-29-27-54(28-30-55)62-22-12-20-53-19-10-11-21-61(53)62/h1-45H. The molecule has 65 heavy (non-hydrogen) atoms. The van der Waals surface area contributed by atoms with E-state index in [4.69, 9.17) is 0 Å². The van der Waals surface area contributed by atoms with E-state index in [9.17, 15) is 0 Å². The molecule has 0 unspecified atom stereocenters. The third-order valence-electron chi connectivity index (χ3n) is 12.5. The highest BCUT2D eigenvalue weighted by molar-refractivity contribution is 5.97. The molecule has 0 bridgehead atoms. The summed E-state index contributed by atoms with van der Waals surface area (Å²) in [6, 6.07) is 98.7. The lowest BCUT2D eigenvalue weighted by atomic mass is 9.90. The van der Waals surface area contributed by atoms with Crippen molar-refractivity contribution in [2.45, 2.75) is 0 Å². The molecule has 0 N–H and O–H groups in total. The molecule has 0 aromatic heterocycles. The third kappa shape index (κ3) is 8.16. The number of fused-ring (bicyclic) bond motifs is 1. The van der Waals surface area contributed by atoms with E-state index in [1.54, 1.807) is 0 Å². The largest absolute Gasteiger partial charge is 0.311 e. The van der Waals surface area contributed by atoms with E-state index in [1.807, 2.05) is 0 Å². The van der Waals surface area contributed by atoms with Crippen LogP contribution in [0.4, 0.5) is 17.1 Å². The van der Waals surface area contributed by atoms with Crippen LogP contribution in [0, 0.1) is 0 Å². The van der Waals surface area contributed by atoms with Gasteiger partial charge in [0.05, 0.1) is 0 Å². The molecular weight excluding hydrogens is 783 g/mol. The first kappa shape index (κ1) is 39.3.